The number of carbonyl (C=O) groups excluding carboxylic acids is 1. The van der Waals surface area contributed by atoms with Gasteiger partial charge in [0.1, 0.15) is 5.57 Å². The van der Waals surface area contributed by atoms with E-state index in [4.69, 9.17) is 15.2 Å². The normalized spacial score (nSPS) is 15.7. The number of nitrogens with two attached hydrogens (primary N) is 1. The lowest BCUT2D eigenvalue weighted by molar-refractivity contribution is -0.139. The number of benzene rings is 1. The third kappa shape index (κ3) is 3.75. The molecule has 3 rings (SSSR count). The Balaban J connectivity index is 2.18. The highest BCUT2D eigenvalue weighted by Gasteiger charge is 2.38. The van der Waals surface area contributed by atoms with E-state index in [1.807, 2.05) is 30.3 Å². The van der Waals surface area contributed by atoms with Crippen molar-refractivity contribution in [1.82, 2.24) is 9.97 Å². The van der Waals surface area contributed by atoms with Crippen LogP contribution in [0.4, 0.5) is 0 Å². The first-order valence-corrected chi connectivity index (χ1v) is 9.32. The van der Waals surface area contributed by atoms with E-state index in [1.165, 1.54) is 11.8 Å². The van der Waals surface area contributed by atoms with Crippen LogP contribution in [0, 0.1) is 0 Å². The molecule has 0 fully saturated rings. The molecule has 7 nitrogen and oxygen atoms in total. The Morgan fingerprint density at radius 1 is 1.44 bits per heavy atom. The van der Waals surface area contributed by atoms with Gasteiger partial charge in [-0.1, -0.05) is 48.2 Å². The van der Waals surface area contributed by atoms with E-state index < -0.39 is 17.4 Å². The molecular formula is C19H19N3O4S. The van der Waals surface area contributed by atoms with E-state index in [1.54, 1.807) is 13.0 Å². The Hall–Kier alpha value is -3.00. The van der Waals surface area contributed by atoms with Gasteiger partial charge < -0.3 is 20.2 Å². The molecule has 1 atom stereocenters. The molecule has 2 heterocycles. The van der Waals surface area contributed by atoms with Crippen molar-refractivity contribution in [3.8, 4) is 5.88 Å². The van der Waals surface area contributed by atoms with Gasteiger partial charge in [0.15, 0.2) is 5.16 Å². The molecule has 0 aliphatic carbocycles. The molecule has 0 amide bonds. The van der Waals surface area contributed by atoms with E-state index >= 15 is 0 Å². The summed E-state index contributed by atoms with van der Waals surface area (Å²) >= 11 is 1.31. The number of rotatable bonds is 6. The molecule has 0 spiro atoms. The second-order valence-electron chi connectivity index (χ2n) is 5.63. The number of nitrogens with one attached hydrogen (secondary N) is 1. The topological polar surface area (TPSA) is 107 Å². The van der Waals surface area contributed by atoms with Crippen molar-refractivity contribution < 1.29 is 14.3 Å². The maximum atomic E-state index is 12.8. The summed E-state index contributed by atoms with van der Waals surface area (Å²) in [4.78, 5) is 32.4. The first-order valence-electron chi connectivity index (χ1n) is 8.34. The molecule has 1 aromatic heterocycles. The first-order chi connectivity index (χ1) is 13.1. The fraction of sp³-hybridized carbons (Fsp3) is 0.211. The predicted octanol–water partition coefficient (Wildman–Crippen LogP) is 2.31. The van der Waals surface area contributed by atoms with Crippen molar-refractivity contribution >= 4 is 17.7 Å². The molecule has 0 bridgehead atoms. The molecular weight excluding hydrogens is 366 g/mol. The number of esters is 1. The standard InChI is InChI=1S/C19H19N3O4S/c1-3-10-27-19-21-16(23)14-12(11-8-6-5-7-9-11)13(18(24)25-4-2)15(20)26-17(14)22-19/h3,5-9,12H,1,4,10,20H2,2H3,(H,21,22,23)/t12-/m1/s1. The molecule has 0 unspecified atom stereocenters. The van der Waals surface area contributed by atoms with Crippen molar-refractivity contribution in [3.05, 3.63) is 75.9 Å². The van der Waals surface area contributed by atoms with Crippen LogP contribution in [0.15, 0.2) is 64.4 Å². The minimum absolute atomic E-state index is 0.0877. The van der Waals surface area contributed by atoms with Gasteiger partial charge in [-0.15, -0.1) is 6.58 Å². The number of fused-ring (bicyclic) bond motifs is 1. The number of H-pyrrole nitrogens is 1. The van der Waals surface area contributed by atoms with Crippen molar-refractivity contribution in [2.24, 2.45) is 5.73 Å². The molecule has 27 heavy (non-hydrogen) atoms. The highest BCUT2D eigenvalue weighted by Crippen LogP contribution is 2.40. The molecule has 3 N–H and O–H groups in total. The Kier molecular flexibility index (Phi) is 5.66. The van der Waals surface area contributed by atoms with Crippen molar-refractivity contribution in [2.45, 2.75) is 18.0 Å². The van der Waals surface area contributed by atoms with Crippen LogP contribution >= 0.6 is 11.8 Å². The number of hydrogen-bond donors (Lipinski definition) is 2. The SMILES string of the molecule is C=CCSc1nc2c(c(=O)[nH]1)[C@H](c1ccccc1)C(C(=O)OCC)=C(N)O2. The number of ether oxygens (including phenoxy) is 2. The smallest absolute Gasteiger partial charge is 0.340 e. The predicted molar refractivity (Wildman–Crippen MR) is 103 cm³/mol. The zero-order valence-corrected chi connectivity index (χ0v) is 15.5. The number of hydrogen-bond acceptors (Lipinski definition) is 7. The van der Waals surface area contributed by atoms with Gasteiger partial charge >= 0.3 is 5.97 Å². The summed E-state index contributed by atoms with van der Waals surface area (Å²) in [6, 6.07) is 9.11. The number of nitrogens with zero attached hydrogens (tertiary/aromatic N) is 1. The zero-order chi connectivity index (χ0) is 19.4. The van der Waals surface area contributed by atoms with E-state index in [-0.39, 0.29) is 29.5 Å². The summed E-state index contributed by atoms with van der Waals surface area (Å²) in [5, 5.41) is 0.387. The van der Waals surface area contributed by atoms with Crippen LogP contribution in [-0.4, -0.2) is 28.3 Å². The van der Waals surface area contributed by atoms with Gasteiger partial charge in [-0.25, -0.2) is 4.79 Å². The van der Waals surface area contributed by atoms with Crippen molar-refractivity contribution in [1.29, 1.82) is 0 Å². The van der Waals surface area contributed by atoms with Crippen LogP contribution in [0.3, 0.4) is 0 Å². The van der Waals surface area contributed by atoms with Gasteiger partial charge in [-0.05, 0) is 12.5 Å². The van der Waals surface area contributed by atoms with Crippen LogP contribution < -0.4 is 16.0 Å². The summed E-state index contributed by atoms with van der Waals surface area (Å²) in [6.45, 7) is 5.52. The van der Waals surface area contributed by atoms with E-state index in [2.05, 4.69) is 16.5 Å². The van der Waals surface area contributed by atoms with Crippen LogP contribution in [0.5, 0.6) is 5.88 Å². The quantitative estimate of drug-likeness (QED) is 0.340. The minimum atomic E-state index is -0.733. The van der Waals surface area contributed by atoms with E-state index in [9.17, 15) is 9.59 Å². The van der Waals surface area contributed by atoms with Crippen LogP contribution in [0.2, 0.25) is 0 Å². The molecule has 0 saturated heterocycles. The summed E-state index contributed by atoms with van der Waals surface area (Å²) in [5.74, 6) is -0.816. The number of carbonyl (C=O) groups is 1. The Morgan fingerprint density at radius 2 is 2.19 bits per heavy atom. The van der Waals surface area contributed by atoms with Gasteiger partial charge in [0.05, 0.1) is 18.1 Å². The van der Waals surface area contributed by atoms with E-state index in [0.29, 0.717) is 16.5 Å². The van der Waals surface area contributed by atoms with Crippen LogP contribution in [-0.2, 0) is 9.53 Å². The van der Waals surface area contributed by atoms with Crippen LogP contribution in [0.25, 0.3) is 0 Å². The average molecular weight is 385 g/mol. The monoisotopic (exact) mass is 385 g/mol. The summed E-state index contributed by atoms with van der Waals surface area (Å²) in [5.41, 5.74) is 6.67. The number of aromatic nitrogens is 2. The molecule has 1 aliphatic heterocycles. The van der Waals surface area contributed by atoms with Crippen molar-refractivity contribution in [3.63, 3.8) is 0 Å². The maximum Gasteiger partial charge on any atom is 0.340 e. The van der Waals surface area contributed by atoms with Gasteiger partial charge in [0, 0.05) is 5.75 Å². The number of aromatic amines is 1. The second-order valence-corrected chi connectivity index (χ2v) is 6.64. The summed E-state index contributed by atoms with van der Waals surface area (Å²) in [6.07, 6.45) is 1.70. The molecule has 0 radical (unpaired) electrons. The van der Waals surface area contributed by atoms with Crippen LogP contribution in [0.1, 0.15) is 24.0 Å². The fourth-order valence-corrected chi connectivity index (χ4v) is 3.42. The van der Waals surface area contributed by atoms with Gasteiger partial charge in [0.2, 0.25) is 11.8 Å². The molecule has 1 aromatic carbocycles. The zero-order valence-electron chi connectivity index (χ0n) is 14.7. The molecule has 2 aromatic rings. The molecule has 0 saturated carbocycles. The average Bonchev–Trinajstić information content (AvgIpc) is 2.66. The highest BCUT2D eigenvalue weighted by atomic mass is 32.2. The first kappa shape index (κ1) is 18.8. The van der Waals surface area contributed by atoms with Gasteiger partial charge in [-0.2, -0.15) is 4.98 Å². The Labute approximate surface area is 160 Å². The van der Waals surface area contributed by atoms with Crippen molar-refractivity contribution in [2.75, 3.05) is 12.4 Å². The Bertz CT molecular complexity index is 953. The highest BCUT2D eigenvalue weighted by molar-refractivity contribution is 7.99. The molecule has 1 aliphatic rings. The summed E-state index contributed by atoms with van der Waals surface area (Å²) < 4.78 is 10.7. The fourth-order valence-electron chi connectivity index (χ4n) is 2.83. The van der Waals surface area contributed by atoms with Gasteiger partial charge in [0.25, 0.3) is 5.56 Å². The lowest BCUT2D eigenvalue weighted by atomic mass is 9.84. The largest absolute Gasteiger partial charge is 0.462 e. The minimum Gasteiger partial charge on any atom is -0.462 e. The lowest BCUT2D eigenvalue weighted by Crippen LogP contribution is -2.32. The van der Waals surface area contributed by atoms with E-state index in [0.717, 1.165) is 0 Å². The summed E-state index contributed by atoms with van der Waals surface area (Å²) in [7, 11) is 0. The molecule has 140 valence electrons. The Morgan fingerprint density at radius 3 is 2.85 bits per heavy atom. The molecule has 8 heteroatoms. The second kappa shape index (κ2) is 8.13. The number of thioether (sulfide) groups is 1. The lowest BCUT2D eigenvalue weighted by Gasteiger charge is -2.27. The van der Waals surface area contributed by atoms with Gasteiger partial charge in [-0.3, -0.25) is 4.79 Å². The third-order valence-electron chi connectivity index (χ3n) is 3.91. The third-order valence-corrected chi connectivity index (χ3v) is 4.78. The maximum absolute atomic E-state index is 12.8.